The van der Waals surface area contributed by atoms with E-state index in [1.165, 1.54) is 12.3 Å². The molecule has 0 aliphatic rings. The van der Waals surface area contributed by atoms with Crippen molar-refractivity contribution in [2.24, 2.45) is 10.3 Å². The van der Waals surface area contributed by atoms with E-state index in [0.717, 1.165) is 0 Å². The predicted octanol–water partition coefficient (Wildman–Crippen LogP) is 4.97. The first-order valence-corrected chi connectivity index (χ1v) is 14.4. The van der Waals surface area contributed by atoms with Crippen LogP contribution in [0.3, 0.4) is 0 Å². The number of oxime groups is 1. The molecule has 1 aromatic heterocycles. The van der Waals surface area contributed by atoms with E-state index < -0.39 is 40.2 Å². The van der Waals surface area contributed by atoms with Crippen molar-refractivity contribution < 1.29 is 64.6 Å². The Labute approximate surface area is 272 Å². The molecule has 20 heteroatoms. The number of carbonyl (C=O) groups excluding carboxylic acids is 1. The molecule has 0 spiro atoms. The molecule has 0 aliphatic carbocycles. The Bertz CT molecular complexity index is 1930. The molecular formula is C29H23F6N5O8S. The minimum Gasteiger partial charge on any atom is -0.475 e. The van der Waals surface area contributed by atoms with Crippen LogP contribution < -0.4 is 16.2 Å². The number of aliphatic carboxylic acids is 2. The van der Waals surface area contributed by atoms with Gasteiger partial charge < -0.3 is 26.5 Å². The Hall–Kier alpha value is -6.02. The first kappa shape index (κ1) is 39.2. The normalized spacial score (nSPS) is 11.4. The van der Waals surface area contributed by atoms with E-state index in [1.807, 2.05) is 0 Å². The van der Waals surface area contributed by atoms with E-state index in [9.17, 15) is 39.6 Å². The Morgan fingerprint density at radius 2 is 1.33 bits per heavy atom. The van der Waals surface area contributed by atoms with Crippen LogP contribution in [0.5, 0.6) is 0 Å². The summed E-state index contributed by atoms with van der Waals surface area (Å²) < 4.78 is 87.3. The molecule has 8 N–H and O–H groups in total. The van der Waals surface area contributed by atoms with Crippen molar-refractivity contribution in [2.45, 2.75) is 17.2 Å². The summed E-state index contributed by atoms with van der Waals surface area (Å²) in [5, 5.41) is 34.5. The van der Waals surface area contributed by atoms with E-state index in [0.29, 0.717) is 39.3 Å². The fourth-order valence-electron chi connectivity index (χ4n) is 3.68. The molecule has 0 saturated heterocycles. The highest BCUT2D eigenvalue weighted by Crippen LogP contribution is 2.30. The number of sulfonamides is 1. The molecule has 0 unspecified atom stereocenters. The summed E-state index contributed by atoms with van der Waals surface area (Å²) in [6.45, 7) is 0. The first-order valence-electron chi connectivity index (χ1n) is 12.8. The van der Waals surface area contributed by atoms with Gasteiger partial charge in [0, 0.05) is 34.3 Å². The second-order valence-corrected chi connectivity index (χ2v) is 10.7. The third-order valence-corrected chi connectivity index (χ3v) is 6.74. The number of hydrogen-bond acceptors (Lipinski definition) is 9. The van der Waals surface area contributed by atoms with E-state index in [-0.39, 0.29) is 10.5 Å². The van der Waals surface area contributed by atoms with E-state index in [2.05, 4.69) is 15.5 Å². The number of carboxylic acid groups (broad SMARTS) is 2. The van der Waals surface area contributed by atoms with Gasteiger partial charge in [0.15, 0.2) is 0 Å². The second kappa shape index (κ2) is 16.2. The van der Waals surface area contributed by atoms with Crippen molar-refractivity contribution in [1.82, 2.24) is 4.98 Å². The van der Waals surface area contributed by atoms with Gasteiger partial charge in [-0.25, -0.2) is 23.1 Å². The van der Waals surface area contributed by atoms with Crippen LogP contribution in [0.4, 0.5) is 37.7 Å². The number of halogens is 6. The molecule has 1 heterocycles. The van der Waals surface area contributed by atoms with Gasteiger partial charge in [-0.1, -0.05) is 47.6 Å². The maximum atomic E-state index is 13.1. The highest BCUT2D eigenvalue weighted by Gasteiger charge is 2.38. The molecule has 0 atom stereocenters. The summed E-state index contributed by atoms with van der Waals surface area (Å²) in [5.74, 6) is -5.93. The van der Waals surface area contributed by atoms with Crippen LogP contribution in [0.15, 0.2) is 95.1 Å². The Morgan fingerprint density at radius 3 is 1.84 bits per heavy atom. The average Bonchev–Trinajstić information content (AvgIpc) is 3.02. The van der Waals surface area contributed by atoms with Crippen molar-refractivity contribution in [3.05, 3.63) is 96.2 Å². The molecule has 0 radical (unpaired) electrons. The highest BCUT2D eigenvalue weighted by molar-refractivity contribution is 7.89. The van der Waals surface area contributed by atoms with Crippen LogP contribution in [0, 0.1) is 0 Å². The minimum atomic E-state index is -5.08. The van der Waals surface area contributed by atoms with Gasteiger partial charge in [0.05, 0.1) is 22.4 Å². The number of primary sulfonamides is 1. The number of carbonyl (C=O) groups is 3. The second-order valence-electron chi connectivity index (χ2n) is 9.13. The van der Waals surface area contributed by atoms with Gasteiger partial charge in [-0.05, 0) is 42.0 Å². The zero-order valence-corrected chi connectivity index (χ0v) is 25.1. The van der Waals surface area contributed by atoms with Crippen molar-refractivity contribution in [3.8, 4) is 22.4 Å². The van der Waals surface area contributed by atoms with Crippen LogP contribution in [0.2, 0.25) is 0 Å². The number of nitrogens with zero attached hydrogens (tertiary/aromatic N) is 2. The summed E-state index contributed by atoms with van der Waals surface area (Å²) in [7, 11) is -3.90. The number of amides is 1. The fraction of sp³-hybridized carbons (Fsp3) is 0.0690. The third-order valence-electron chi connectivity index (χ3n) is 5.77. The minimum absolute atomic E-state index is 0.0149. The smallest absolute Gasteiger partial charge is 0.475 e. The number of nitrogens with one attached hydrogen (secondary N) is 1. The molecule has 0 aliphatic heterocycles. The zero-order valence-electron chi connectivity index (χ0n) is 24.3. The van der Waals surface area contributed by atoms with E-state index in [1.54, 1.807) is 79.0 Å². The summed E-state index contributed by atoms with van der Waals surface area (Å²) in [6, 6.07) is 21.5. The molecule has 0 fully saturated rings. The van der Waals surface area contributed by atoms with Gasteiger partial charge in [0.25, 0.3) is 5.91 Å². The number of benzene rings is 3. The molecular weight excluding hydrogens is 692 g/mol. The molecule has 3 aromatic carbocycles. The lowest BCUT2D eigenvalue weighted by molar-refractivity contribution is -0.193. The lowest BCUT2D eigenvalue weighted by Crippen LogP contribution is -2.21. The van der Waals surface area contributed by atoms with Crippen LogP contribution >= 0.6 is 0 Å². The molecule has 13 nitrogen and oxygen atoms in total. The quantitative estimate of drug-likeness (QED) is 0.0515. The molecule has 4 rings (SSSR count). The zero-order chi connectivity index (χ0) is 37.2. The molecule has 260 valence electrons. The Kier molecular flexibility index (Phi) is 12.9. The van der Waals surface area contributed by atoms with E-state index in [4.69, 9.17) is 35.9 Å². The van der Waals surface area contributed by atoms with Crippen molar-refractivity contribution >= 4 is 45.5 Å². The summed E-state index contributed by atoms with van der Waals surface area (Å²) >= 11 is 0. The number of nitrogens with two attached hydrogens (primary N) is 2. The van der Waals surface area contributed by atoms with Gasteiger partial charge in [-0.2, -0.15) is 26.3 Å². The summed E-state index contributed by atoms with van der Waals surface area (Å²) in [5.41, 5.74) is 9.58. The maximum absolute atomic E-state index is 13.1. The van der Waals surface area contributed by atoms with Gasteiger partial charge in [-0.15, -0.1) is 0 Å². The van der Waals surface area contributed by atoms with Crippen LogP contribution in [0.1, 0.15) is 15.9 Å². The third kappa shape index (κ3) is 11.3. The first-order chi connectivity index (χ1) is 22.7. The summed E-state index contributed by atoms with van der Waals surface area (Å²) in [6.07, 6.45) is -7.42. The number of nitrogen functional groups attached to an aromatic ring is 1. The maximum Gasteiger partial charge on any atom is 0.490 e. The highest BCUT2D eigenvalue weighted by atomic mass is 32.2. The number of alkyl halides is 6. The molecule has 0 bridgehead atoms. The lowest BCUT2D eigenvalue weighted by atomic mass is 9.99. The molecule has 1 amide bonds. The Morgan fingerprint density at radius 1 is 0.796 bits per heavy atom. The largest absolute Gasteiger partial charge is 0.490 e. The number of rotatable bonds is 6. The Balaban J connectivity index is 0.000000500. The fourth-order valence-corrected chi connectivity index (χ4v) is 4.44. The van der Waals surface area contributed by atoms with Gasteiger partial charge in [-0.3, -0.25) is 9.78 Å². The van der Waals surface area contributed by atoms with Crippen LogP contribution in [-0.2, 0) is 19.6 Å². The summed E-state index contributed by atoms with van der Waals surface area (Å²) in [4.78, 5) is 35.3. The SMILES string of the molecule is Nc1cccc(-c2ncccc2C(=O)Nc2ccc(-c3ccccc3S(N)(=O)=O)cc2)c1C=NO.O=C(O)C(F)(F)F.O=C(O)C(F)(F)F. The molecule has 4 aromatic rings. The lowest BCUT2D eigenvalue weighted by Gasteiger charge is -2.13. The predicted molar refractivity (Wildman–Crippen MR) is 162 cm³/mol. The van der Waals surface area contributed by atoms with Gasteiger partial charge in [0.1, 0.15) is 0 Å². The monoisotopic (exact) mass is 715 g/mol. The van der Waals surface area contributed by atoms with Crippen LogP contribution in [-0.4, -0.2) is 65.2 Å². The van der Waals surface area contributed by atoms with Gasteiger partial charge >= 0.3 is 24.3 Å². The molecule has 49 heavy (non-hydrogen) atoms. The van der Waals surface area contributed by atoms with E-state index >= 15 is 0 Å². The number of carboxylic acids is 2. The van der Waals surface area contributed by atoms with Crippen molar-refractivity contribution in [1.29, 1.82) is 0 Å². The standard InChI is InChI=1S/C25H21N5O4S.2C2HF3O2/c26-22-8-3-6-19(21(22)15-29-32)24-20(7-4-14-28-24)25(31)30-17-12-10-16(11-13-17)18-5-1-2-9-23(18)35(27,33)34;2*3-2(4,5)1(6)7/h1-15,32H,26H2,(H,30,31)(H2,27,33,34);2*(H,6,7). The number of anilines is 2. The van der Waals surface area contributed by atoms with Gasteiger partial charge in [0.2, 0.25) is 10.0 Å². The molecule has 0 saturated carbocycles. The average molecular weight is 716 g/mol. The van der Waals surface area contributed by atoms with Crippen LogP contribution in [0.25, 0.3) is 22.4 Å². The number of aromatic nitrogens is 1. The number of pyridine rings is 1. The van der Waals surface area contributed by atoms with Crippen molar-refractivity contribution in [2.75, 3.05) is 11.1 Å². The van der Waals surface area contributed by atoms with Crippen molar-refractivity contribution in [3.63, 3.8) is 0 Å². The topological polar surface area (TPSA) is 235 Å². The number of hydrogen-bond donors (Lipinski definition) is 6.